The highest BCUT2D eigenvalue weighted by Crippen LogP contribution is 2.28. The van der Waals surface area contributed by atoms with Crippen LogP contribution in [0.1, 0.15) is 43.5 Å². The Morgan fingerprint density at radius 3 is 2.63 bits per heavy atom. The molecule has 0 spiro atoms. The molecule has 2 aromatic rings. The fraction of sp³-hybridized carbons (Fsp3) is 0.455. The minimum absolute atomic E-state index is 0.0298. The second kappa shape index (κ2) is 8.09. The van der Waals surface area contributed by atoms with Crippen molar-refractivity contribution in [1.82, 2.24) is 15.2 Å². The fourth-order valence-corrected chi connectivity index (χ4v) is 3.52. The van der Waals surface area contributed by atoms with E-state index in [1.165, 1.54) is 11.1 Å². The molecule has 0 aliphatic carbocycles. The summed E-state index contributed by atoms with van der Waals surface area (Å²) in [5, 5.41) is 3.08. The fourth-order valence-electron chi connectivity index (χ4n) is 3.52. The van der Waals surface area contributed by atoms with Crippen LogP contribution in [0.25, 0.3) is 0 Å². The number of amides is 1. The lowest BCUT2D eigenvalue weighted by Gasteiger charge is -2.24. The number of hydrogen-bond acceptors (Lipinski definition) is 4. The summed E-state index contributed by atoms with van der Waals surface area (Å²) in [6, 6.07) is 14.5. The molecule has 144 valence electrons. The normalized spacial score (nSPS) is 20.4. The Morgan fingerprint density at radius 1 is 1.22 bits per heavy atom. The number of ether oxygens (including phenoxy) is 1. The number of pyridine rings is 1. The molecule has 1 aliphatic rings. The van der Waals surface area contributed by atoms with Crippen LogP contribution >= 0.6 is 0 Å². The second-order valence-corrected chi connectivity index (χ2v) is 8.30. The van der Waals surface area contributed by atoms with E-state index < -0.39 is 5.60 Å². The first-order chi connectivity index (χ1) is 12.8. The minimum atomic E-state index is -0.510. The molecule has 1 aliphatic heterocycles. The molecule has 0 saturated carbocycles. The number of likely N-dealkylation sites (tertiary alicyclic amines) is 1. The van der Waals surface area contributed by atoms with Gasteiger partial charge in [0.05, 0.1) is 6.04 Å². The maximum atomic E-state index is 12.4. The van der Waals surface area contributed by atoms with Crippen LogP contribution in [0.3, 0.4) is 0 Å². The third-order valence-corrected chi connectivity index (χ3v) is 4.66. The first-order valence-electron chi connectivity index (χ1n) is 9.48. The number of alkyl carbamates (subject to hydrolysis) is 1. The van der Waals surface area contributed by atoms with Gasteiger partial charge in [0.2, 0.25) is 0 Å². The third-order valence-electron chi connectivity index (χ3n) is 4.66. The van der Waals surface area contributed by atoms with Gasteiger partial charge in [0.1, 0.15) is 5.60 Å². The molecule has 0 unspecified atom stereocenters. The van der Waals surface area contributed by atoms with Crippen LogP contribution in [0.2, 0.25) is 0 Å². The van der Waals surface area contributed by atoms with Gasteiger partial charge in [0.25, 0.3) is 0 Å². The molecule has 2 atom stereocenters. The van der Waals surface area contributed by atoms with Crippen molar-refractivity contribution in [2.45, 2.75) is 51.8 Å². The van der Waals surface area contributed by atoms with Gasteiger partial charge in [0.15, 0.2) is 0 Å². The van der Waals surface area contributed by atoms with Crippen molar-refractivity contribution < 1.29 is 9.53 Å². The zero-order valence-electron chi connectivity index (χ0n) is 16.6. The van der Waals surface area contributed by atoms with E-state index in [0.717, 1.165) is 25.3 Å². The van der Waals surface area contributed by atoms with Crippen LogP contribution in [0.5, 0.6) is 0 Å². The summed E-state index contributed by atoms with van der Waals surface area (Å²) >= 11 is 0. The Labute approximate surface area is 161 Å². The van der Waals surface area contributed by atoms with Crippen molar-refractivity contribution in [2.75, 3.05) is 13.1 Å². The van der Waals surface area contributed by atoms with E-state index >= 15 is 0 Å². The molecule has 5 nitrogen and oxygen atoms in total. The zero-order valence-corrected chi connectivity index (χ0v) is 16.6. The summed E-state index contributed by atoms with van der Waals surface area (Å²) in [6.07, 6.45) is 1.47. The topological polar surface area (TPSA) is 54.5 Å². The Balaban J connectivity index is 1.75. The number of rotatable bonds is 4. The number of nitrogens with zero attached hydrogens (tertiary/aromatic N) is 2. The van der Waals surface area contributed by atoms with Gasteiger partial charge >= 0.3 is 6.09 Å². The first kappa shape index (κ1) is 19.4. The molecule has 1 aromatic carbocycles. The van der Waals surface area contributed by atoms with E-state index in [-0.39, 0.29) is 18.1 Å². The number of nitrogens with one attached hydrogen (secondary N) is 1. The van der Waals surface area contributed by atoms with E-state index in [0.29, 0.717) is 0 Å². The van der Waals surface area contributed by atoms with Crippen molar-refractivity contribution in [1.29, 1.82) is 0 Å². The molecule has 27 heavy (non-hydrogen) atoms. The Kier molecular flexibility index (Phi) is 5.80. The quantitative estimate of drug-likeness (QED) is 0.891. The van der Waals surface area contributed by atoms with Crippen LogP contribution < -0.4 is 5.32 Å². The van der Waals surface area contributed by atoms with Crippen molar-refractivity contribution in [3.63, 3.8) is 0 Å². The molecular formula is C22H29N3O2. The van der Waals surface area contributed by atoms with Gasteiger partial charge in [-0.25, -0.2) is 4.79 Å². The summed E-state index contributed by atoms with van der Waals surface area (Å²) < 4.78 is 5.47. The highest BCUT2D eigenvalue weighted by atomic mass is 16.6. The van der Waals surface area contributed by atoms with Crippen LogP contribution in [0.15, 0.2) is 48.7 Å². The Hall–Kier alpha value is -2.40. The van der Waals surface area contributed by atoms with Crippen molar-refractivity contribution in [3.8, 4) is 0 Å². The average molecular weight is 367 g/mol. The summed E-state index contributed by atoms with van der Waals surface area (Å²) in [5.74, 6) is 0.140. The SMILES string of the molecule is Cc1ccnc([C@@H]2CN(Cc3ccccc3)C[C@H]2NC(=O)OC(C)(C)C)c1. The van der Waals surface area contributed by atoms with Crippen molar-refractivity contribution >= 4 is 6.09 Å². The molecule has 0 bridgehead atoms. The molecule has 5 heteroatoms. The highest BCUT2D eigenvalue weighted by Gasteiger charge is 2.36. The lowest BCUT2D eigenvalue weighted by Crippen LogP contribution is -2.42. The molecule has 0 radical (unpaired) electrons. The average Bonchev–Trinajstić information content (AvgIpc) is 2.96. The number of hydrogen-bond donors (Lipinski definition) is 1. The van der Waals surface area contributed by atoms with Gasteiger partial charge in [-0.1, -0.05) is 30.3 Å². The van der Waals surface area contributed by atoms with Crippen LogP contribution in [-0.2, 0) is 11.3 Å². The van der Waals surface area contributed by atoms with E-state index in [4.69, 9.17) is 4.74 Å². The predicted molar refractivity (Wildman–Crippen MR) is 107 cm³/mol. The summed E-state index contributed by atoms with van der Waals surface area (Å²) in [5.41, 5.74) is 2.96. The summed E-state index contributed by atoms with van der Waals surface area (Å²) in [4.78, 5) is 19.3. The van der Waals surface area contributed by atoms with Crippen LogP contribution in [-0.4, -0.2) is 40.7 Å². The maximum Gasteiger partial charge on any atom is 0.407 e. The summed E-state index contributed by atoms with van der Waals surface area (Å²) in [7, 11) is 0. The first-order valence-corrected chi connectivity index (χ1v) is 9.48. The smallest absolute Gasteiger partial charge is 0.407 e. The maximum absolute atomic E-state index is 12.4. The van der Waals surface area contributed by atoms with Crippen molar-refractivity contribution in [2.24, 2.45) is 0 Å². The number of benzene rings is 1. The third kappa shape index (κ3) is 5.54. The van der Waals surface area contributed by atoms with Crippen LogP contribution in [0.4, 0.5) is 4.79 Å². The van der Waals surface area contributed by atoms with Gasteiger partial charge < -0.3 is 10.1 Å². The van der Waals surface area contributed by atoms with Gasteiger partial charge in [0, 0.05) is 37.4 Å². The van der Waals surface area contributed by atoms with E-state index in [1.807, 2.05) is 39.1 Å². The number of carbonyl (C=O) groups is 1. The number of carbonyl (C=O) groups excluding carboxylic acids is 1. The largest absolute Gasteiger partial charge is 0.444 e. The van der Waals surface area contributed by atoms with Gasteiger partial charge in [-0.15, -0.1) is 0 Å². The van der Waals surface area contributed by atoms with E-state index in [9.17, 15) is 4.79 Å². The zero-order chi connectivity index (χ0) is 19.4. The van der Waals surface area contributed by atoms with E-state index in [1.54, 1.807) is 0 Å². The van der Waals surface area contributed by atoms with Gasteiger partial charge in [-0.2, -0.15) is 0 Å². The van der Waals surface area contributed by atoms with Crippen LogP contribution in [0, 0.1) is 6.92 Å². The molecule has 1 aromatic heterocycles. The molecule has 3 rings (SSSR count). The molecule has 2 heterocycles. The minimum Gasteiger partial charge on any atom is -0.444 e. The molecule has 1 amide bonds. The molecule has 1 fully saturated rings. The monoisotopic (exact) mass is 367 g/mol. The highest BCUT2D eigenvalue weighted by molar-refractivity contribution is 5.68. The van der Waals surface area contributed by atoms with Crippen molar-refractivity contribution in [3.05, 3.63) is 65.5 Å². The Morgan fingerprint density at radius 2 is 1.96 bits per heavy atom. The summed E-state index contributed by atoms with van der Waals surface area (Å²) in [6.45, 7) is 10.2. The van der Waals surface area contributed by atoms with Gasteiger partial charge in [-0.3, -0.25) is 9.88 Å². The molecule has 1 N–H and O–H groups in total. The second-order valence-electron chi connectivity index (χ2n) is 8.30. The molecular weight excluding hydrogens is 338 g/mol. The van der Waals surface area contributed by atoms with Gasteiger partial charge in [-0.05, 0) is 51.0 Å². The Bertz CT molecular complexity index is 771. The standard InChI is InChI=1S/C22H29N3O2/c1-16-10-11-23-19(12-16)18-14-25(13-17-8-6-5-7-9-17)15-20(18)24-21(26)27-22(2,3)4/h5-12,18,20H,13-15H2,1-4H3,(H,24,26)/t18-,20+/m0/s1. The molecule has 1 saturated heterocycles. The number of aryl methyl sites for hydroxylation is 1. The predicted octanol–water partition coefficient (Wildman–Crippen LogP) is 3.88. The number of aromatic nitrogens is 1. The van der Waals surface area contributed by atoms with E-state index in [2.05, 4.69) is 52.5 Å². The lowest BCUT2D eigenvalue weighted by atomic mass is 9.98. The lowest BCUT2D eigenvalue weighted by molar-refractivity contribution is 0.0502.